The second kappa shape index (κ2) is 4.64. The second-order valence-electron chi connectivity index (χ2n) is 5.34. The minimum atomic E-state index is -4.05. The Bertz CT molecular complexity index is 747. The largest absolute Gasteiger partial charge is 0.291 e. The first kappa shape index (κ1) is 14.6. The van der Waals surface area contributed by atoms with Crippen LogP contribution in [0, 0.1) is 5.82 Å². The summed E-state index contributed by atoms with van der Waals surface area (Å²) in [5.74, 6) is -0.383. The van der Waals surface area contributed by atoms with Gasteiger partial charge < -0.3 is 0 Å². The molecule has 0 spiro atoms. The smallest absolute Gasteiger partial charge is 0.273 e. The molecule has 0 aliphatic heterocycles. The Balaban J connectivity index is 2.81. The fourth-order valence-electron chi connectivity index (χ4n) is 1.88. The molecule has 0 aliphatic carbocycles. The number of rotatable bonds is 2. The van der Waals surface area contributed by atoms with E-state index in [2.05, 4.69) is 10.2 Å². The normalized spacial score (nSPS) is 12.7. The standard InChI is InChI=1S/C12H15FN4O2S/c1-12(2,3)17-10(8-6-4-5-7-9(8)13)15-16-11(17)20(14,18)19/h4-7H,1-3H3,(H2,14,18,19). The fraction of sp³-hybridized carbons (Fsp3) is 0.333. The van der Waals surface area contributed by atoms with Crippen molar-refractivity contribution in [2.75, 3.05) is 0 Å². The summed E-state index contributed by atoms with van der Waals surface area (Å²) in [6, 6.07) is 5.95. The Morgan fingerprint density at radius 2 is 1.80 bits per heavy atom. The van der Waals surface area contributed by atoms with Crippen molar-refractivity contribution in [3.05, 3.63) is 30.1 Å². The van der Waals surface area contributed by atoms with Crippen LogP contribution in [0.2, 0.25) is 0 Å². The minimum Gasteiger partial charge on any atom is -0.291 e. The molecule has 1 aromatic heterocycles. The molecule has 20 heavy (non-hydrogen) atoms. The lowest BCUT2D eigenvalue weighted by Crippen LogP contribution is -2.29. The molecule has 0 amide bonds. The van der Waals surface area contributed by atoms with E-state index >= 15 is 0 Å². The van der Waals surface area contributed by atoms with Crippen LogP contribution in [0.5, 0.6) is 0 Å². The maximum absolute atomic E-state index is 13.9. The summed E-state index contributed by atoms with van der Waals surface area (Å²) in [6.07, 6.45) is 0. The number of nitrogens with zero attached hydrogens (tertiary/aromatic N) is 3. The second-order valence-corrected chi connectivity index (χ2v) is 6.79. The van der Waals surface area contributed by atoms with Crippen LogP contribution in [-0.2, 0) is 15.6 Å². The third-order valence-electron chi connectivity index (χ3n) is 2.67. The molecule has 0 radical (unpaired) electrons. The number of hydrogen-bond donors (Lipinski definition) is 1. The molecular weight excluding hydrogens is 283 g/mol. The summed E-state index contributed by atoms with van der Waals surface area (Å²) in [6.45, 7) is 5.28. The van der Waals surface area contributed by atoms with E-state index in [9.17, 15) is 12.8 Å². The lowest BCUT2D eigenvalue weighted by atomic mass is 10.1. The van der Waals surface area contributed by atoms with Crippen molar-refractivity contribution < 1.29 is 12.8 Å². The molecule has 1 heterocycles. The summed E-state index contributed by atoms with van der Waals surface area (Å²) in [7, 11) is -4.05. The summed E-state index contributed by atoms with van der Waals surface area (Å²) in [4.78, 5) is 0. The molecule has 0 saturated heterocycles. The highest BCUT2D eigenvalue weighted by Crippen LogP contribution is 2.28. The average molecular weight is 298 g/mol. The van der Waals surface area contributed by atoms with Crippen molar-refractivity contribution in [1.29, 1.82) is 0 Å². The van der Waals surface area contributed by atoms with Gasteiger partial charge in [0, 0.05) is 5.54 Å². The average Bonchev–Trinajstić information content (AvgIpc) is 2.73. The van der Waals surface area contributed by atoms with Crippen molar-refractivity contribution in [2.45, 2.75) is 31.5 Å². The SMILES string of the molecule is CC(C)(C)n1c(-c2ccccc2F)nnc1S(N)(=O)=O. The highest BCUT2D eigenvalue weighted by Gasteiger charge is 2.30. The molecule has 6 nitrogen and oxygen atoms in total. The summed E-state index contributed by atoms with van der Waals surface area (Å²) in [5, 5.41) is 12.2. The van der Waals surface area contributed by atoms with Gasteiger partial charge in [0.2, 0.25) is 0 Å². The van der Waals surface area contributed by atoms with Gasteiger partial charge in [-0.15, -0.1) is 10.2 Å². The Morgan fingerprint density at radius 1 is 1.20 bits per heavy atom. The topological polar surface area (TPSA) is 90.9 Å². The molecular formula is C12H15FN4O2S. The Hall–Kier alpha value is -1.80. The van der Waals surface area contributed by atoms with Crippen LogP contribution in [0.15, 0.2) is 29.4 Å². The van der Waals surface area contributed by atoms with Gasteiger partial charge in [0.15, 0.2) is 5.82 Å². The zero-order valence-electron chi connectivity index (χ0n) is 11.3. The monoisotopic (exact) mass is 298 g/mol. The van der Waals surface area contributed by atoms with E-state index in [1.54, 1.807) is 26.8 Å². The molecule has 0 saturated carbocycles. The van der Waals surface area contributed by atoms with Crippen LogP contribution in [0.3, 0.4) is 0 Å². The first-order valence-electron chi connectivity index (χ1n) is 5.86. The maximum atomic E-state index is 13.9. The molecule has 108 valence electrons. The van der Waals surface area contributed by atoms with Gasteiger partial charge >= 0.3 is 0 Å². The highest BCUT2D eigenvalue weighted by atomic mass is 32.2. The summed E-state index contributed by atoms with van der Waals surface area (Å²) in [5.41, 5.74) is -0.507. The Morgan fingerprint density at radius 3 is 2.30 bits per heavy atom. The third kappa shape index (κ3) is 2.56. The summed E-state index contributed by atoms with van der Waals surface area (Å²) < 4.78 is 38.4. The molecule has 8 heteroatoms. The molecule has 1 aromatic carbocycles. The molecule has 0 aliphatic rings. The lowest BCUT2D eigenvalue weighted by molar-refractivity contribution is 0.365. The van der Waals surface area contributed by atoms with Crippen molar-refractivity contribution in [3.8, 4) is 11.4 Å². The van der Waals surface area contributed by atoms with Gasteiger partial charge in [-0.2, -0.15) is 0 Å². The first-order chi connectivity index (χ1) is 9.12. The number of hydrogen-bond acceptors (Lipinski definition) is 4. The minimum absolute atomic E-state index is 0.125. The van der Waals surface area contributed by atoms with E-state index in [0.717, 1.165) is 0 Å². The number of primary sulfonamides is 1. The van der Waals surface area contributed by atoms with E-state index < -0.39 is 21.4 Å². The van der Waals surface area contributed by atoms with Crippen LogP contribution in [0.1, 0.15) is 20.8 Å². The van der Waals surface area contributed by atoms with E-state index in [1.807, 2.05) is 0 Å². The van der Waals surface area contributed by atoms with Crippen molar-refractivity contribution >= 4 is 10.0 Å². The Kier molecular flexibility index (Phi) is 3.39. The van der Waals surface area contributed by atoms with E-state index in [0.29, 0.717) is 0 Å². The lowest BCUT2D eigenvalue weighted by Gasteiger charge is -2.24. The number of sulfonamides is 1. The van der Waals surface area contributed by atoms with Crippen LogP contribution < -0.4 is 5.14 Å². The third-order valence-corrected chi connectivity index (χ3v) is 3.45. The number of aromatic nitrogens is 3. The molecule has 2 rings (SSSR count). The maximum Gasteiger partial charge on any atom is 0.273 e. The molecule has 0 fully saturated rings. The van der Waals surface area contributed by atoms with Gasteiger partial charge in [0.05, 0.1) is 5.56 Å². The number of nitrogens with two attached hydrogens (primary N) is 1. The predicted molar refractivity (Wildman–Crippen MR) is 71.8 cm³/mol. The molecule has 2 N–H and O–H groups in total. The van der Waals surface area contributed by atoms with Crippen LogP contribution in [0.25, 0.3) is 11.4 Å². The quantitative estimate of drug-likeness (QED) is 0.909. The molecule has 0 bridgehead atoms. The van der Waals surface area contributed by atoms with Gasteiger partial charge in [-0.1, -0.05) is 12.1 Å². The summed E-state index contributed by atoms with van der Waals surface area (Å²) >= 11 is 0. The van der Waals surface area contributed by atoms with Gasteiger partial charge in [0.1, 0.15) is 5.82 Å². The van der Waals surface area contributed by atoms with Crippen molar-refractivity contribution in [3.63, 3.8) is 0 Å². The number of benzene rings is 1. The van der Waals surface area contributed by atoms with Gasteiger partial charge in [-0.3, -0.25) is 4.57 Å². The molecule has 2 aromatic rings. The zero-order chi connectivity index (χ0) is 15.1. The van der Waals surface area contributed by atoms with E-state index in [1.165, 1.54) is 22.8 Å². The van der Waals surface area contributed by atoms with E-state index in [-0.39, 0.29) is 16.5 Å². The van der Waals surface area contributed by atoms with E-state index in [4.69, 9.17) is 5.14 Å². The van der Waals surface area contributed by atoms with Crippen LogP contribution in [0.4, 0.5) is 4.39 Å². The highest BCUT2D eigenvalue weighted by molar-refractivity contribution is 7.89. The molecule has 0 unspecified atom stereocenters. The zero-order valence-corrected chi connectivity index (χ0v) is 12.1. The van der Waals surface area contributed by atoms with Gasteiger partial charge in [-0.05, 0) is 32.9 Å². The van der Waals surface area contributed by atoms with Crippen LogP contribution in [-0.4, -0.2) is 23.2 Å². The van der Waals surface area contributed by atoms with Gasteiger partial charge in [-0.25, -0.2) is 17.9 Å². The van der Waals surface area contributed by atoms with Crippen molar-refractivity contribution in [2.24, 2.45) is 5.14 Å². The molecule has 0 atom stereocenters. The van der Waals surface area contributed by atoms with Crippen molar-refractivity contribution in [1.82, 2.24) is 14.8 Å². The van der Waals surface area contributed by atoms with Gasteiger partial charge in [0.25, 0.3) is 15.2 Å². The number of halogens is 1. The Labute approximate surface area is 116 Å². The predicted octanol–water partition coefficient (Wildman–Crippen LogP) is 1.49. The van der Waals surface area contributed by atoms with Crippen LogP contribution >= 0.6 is 0 Å². The first-order valence-corrected chi connectivity index (χ1v) is 7.40. The fourth-order valence-corrected chi connectivity index (χ4v) is 2.65.